The Morgan fingerprint density at radius 2 is 1.20 bits per heavy atom. The predicted octanol–water partition coefficient (Wildman–Crippen LogP) is 7.50. The van der Waals surface area contributed by atoms with E-state index in [0.29, 0.717) is 39.4 Å². The molecule has 0 atom stereocenters. The monoisotopic (exact) mass is 1240 g/mol. The molecule has 1 heterocycles. The molecule has 0 unspecified atom stereocenters. The molecule has 0 radical (unpaired) electrons. The first kappa shape index (κ1) is 69.7. The number of nitrogens with zero attached hydrogens (tertiary/aromatic N) is 2. The summed E-state index contributed by atoms with van der Waals surface area (Å²) < 4.78 is 58.7. The molecule has 3 amide bonds. The van der Waals surface area contributed by atoms with Gasteiger partial charge in [-0.25, -0.2) is 8.42 Å². The van der Waals surface area contributed by atoms with Crippen LogP contribution in [0.5, 0.6) is 11.5 Å². The first-order valence-corrected chi connectivity index (χ1v) is 30.1. The molecule has 20 nitrogen and oxygen atoms in total. The zero-order chi connectivity index (χ0) is 60.7. The van der Waals surface area contributed by atoms with Gasteiger partial charge in [0.1, 0.15) is 28.2 Å². The maximum atomic E-state index is 14.5. The van der Waals surface area contributed by atoms with E-state index in [-0.39, 0.29) is 104 Å². The van der Waals surface area contributed by atoms with Crippen LogP contribution in [0.4, 0.5) is 22.7 Å². The number of rotatable bonds is 29. The molecule has 0 saturated carbocycles. The van der Waals surface area contributed by atoms with E-state index in [2.05, 4.69) is 32.2 Å². The number of carbonyl (C=O) groups is 3. The van der Waals surface area contributed by atoms with E-state index in [1.807, 2.05) is 0 Å². The molecule has 87 heavy (non-hydrogen) atoms. The minimum Gasteiger partial charge on any atom is -0.744 e. The van der Waals surface area contributed by atoms with Gasteiger partial charge in [0.15, 0.2) is 11.4 Å². The van der Waals surface area contributed by atoms with Crippen LogP contribution in [0.2, 0.25) is 0 Å². The Balaban J connectivity index is 0.00000605. The van der Waals surface area contributed by atoms with Gasteiger partial charge in [-0.05, 0) is 119 Å². The second-order valence-corrected chi connectivity index (χ2v) is 23.6. The van der Waals surface area contributed by atoms with Gasteiger partial charge in [0, 0.05) is 44.4 Å². The van der Waals surface area contributed by atoms with E-state index in [9.17, 15) is 47.5 Å². The second kappa shape index (κ2) is 32.7. The van der Waals surface area contributed by atoms with Gasteiger partial charge in [-0.3, -0.25) is 34.3 Å². The third-order valence-electron chi connectivity index (χ3n) is 14.0. The first-order chi connectivity index (χ1) is 40.8. The number of aromatic nitrogens is 1. The van der Waals surface area contributed by atoms with E-state index in [1.165, 1.54) is 112 Å². The fraction of sp³-hybridized carbons (Fsp3) is 0.302. The fourth-order valence-corrected chi connectivity index (χ4v) is 10.6. The number of carbonyl (C=O) groups excluding carboxylic acids is 3. The number of unbranched alkanes of at least 4 members (excludes halogenated alkanes) is 11. The number of nitrogens with one attached hydrogen (secondary N) is 3. The van der Waals surface area contributed by atoms with Crippen LogP contribution in [0, 0.1) is 10.1 Å². The molecular formula is C63H65N5Na2O15S2. The van der Waals surface area contributed by atoms with Gasteiger partial charge < -0.3 is 39.8 Å². The molecule has 24 heteroatoms. The Kier molecular flexibility index (Phi) is 26.2. The van der Waals surface area contributed by atoms with E-state index in [4.69, 9.17) is 14.0 Å². The second-order valence-electron chi connectivity index (χ2n) is 21.5. The van der Waals surface area contributed by atoms with Crippen molar-refractivity contribution in [3.8, 4) is 17.2 Å². The summed E-state index contributed by atoms with van der Waals surface area (Å²) in [6.07, 6.45) is 14.5. The minimum atomic E-state index is -4.73. The molecule has 8 rings (SSSR count). The van der Waals surface area contributed by atoms with Crippen LogP contribution in [-0.2, 0) is 31.5 Å². The third kappa shape index (κ3) is 19.3. The smallest absolute Gasteiger partial charge is 0.744 e. The number of hydrogen-bond acceptors (Lipinski definition) is 16. The maximum absolute atomic E-state index is 14.5. The maximum Gasteiger partial charge on any atom is 1.00 e. The minimum absolute atomic E-state index is 0. The van der Waals surface area contributed by atoms with Gasteiger partial charge in [0.05, 0.1) is 39.7 Å². The number of hydrogen-bond donors (Lipinski definition) is 3. The normalized spacial score (nSPS) is 11.4. The first-order valence-electron chi connectivity index (χ1n) is 27.9. The van der Waals surface area contributed by atoms with Crippen LogP contribution >= 0.6 is 12.0 Å². The van der Waals surface area contributed by atoms with E-state index >= 15 is 0 Å². The van der Waals surface area contributed by atoms with Crippen molar-refractivity contribution in [2.75, 3.05) is 22.6 Å². The molecule has 1 aromatic heterocycles. The molecule has 0 aliphatic carbocycles. The van der Waals surface area contributed by atoms with Crippen molar-refractivity contribution in [2.45, 2.75) is 127 Å². The third-order valence-corrected chi connectivity index (χ3v) is 15.4. The number of para-hydroxylation sites is 2. The van der Waals surface area contributed by atoms with Gasteiger partial charge in [0.2, 0.25) is 0 Å². The van der Waals surface area contributed by atoms with Crippen molar-refractivity contribution in [2.24, 2.45) is 0 Å². The summed E-state index contributed by atoms with van der Waals surface area (Å²) in [7, 11) is -4.73. The average Bonchev–Trinajstić information content (AvgIpc) is 2.12. The molecular weight excluding hydrogens is 1180 g/mol. The molecule has 8 aromatic rings. The van der Waals surface area contributed by atoms with Crippen molar-refractivity contribution >= 4 is 84.2 Å². The van der Waals surface area contributed by atoms with E-state index < -0.39 is 60.9 Å². The van der Waals surface area contributed by atoms with Gasteiger partial charge >= 0.3 is 59.1 Å². The summed E-state index contributed by atoms with van der Waals surface area (Å²) in [6, 6.07) is 33.3. The van der Waals surface area contributed by atoms with Crippen LogP contribution < -0.4 is 95.4 Å². The standard InChI is InChI=1S/C63H67N5O15S2.2Na/c1-5-6-7-8-9-10-11-12-13-14-15-18-31-79-57-20-17-16-19-54(57)66-59(69)45-25-30-55(56(39-45)68(73)74)67-62(72)53(58(81-67)63(2,3)4)40-80-50-35-46(60(70)64-48-26-21-43-37-51(84-83-82-75)28-23-41(43)33-48)32-47(36-50)61(71)65-49-27-22-44-38-52(85(76,77)78)29-24-42(44)34-49;;/h16-17,19-30,32-39,75H,5-15,18,31,40H2,1-4H3,(H,64,70)(H,65,71)(H,66,69)(H,76,77,78);;/q;2*+1/p-2. The topological polar surface area (TPSA) is 283 Å². The van der Waals surface area contributed by atoms with Crippen molar-refractivity contribution in [3.63, 3.8) is 0 Å². The number of benzene rings is 7. The van der Waals surface area contributed by atoms with Crippen LogP contribution in [0.25, 0.3) is 27.2 Å². The molecule has 0 bridgehead atoms. The predicted molar refractivity (Wildman–Crippen MR) is 321 cm³/mol. The number of nitro groups is 1. The number of amides is 3. The zero-order valence-corrected chi connectivity index (χ0v) is 55.1. The Morgan fingerprint density at radius 3 is 1.78 bits per heavy atom. The van der Waals surface area contributed by atoms with Crippen molar-refractivity contribution in [1.29, 1.82) is 0 Å². The van der Waals surface area contributed by atoms with Gasteiger partial charge in [-0.15, -0.1) is 4.74 Å². The molecule has 0 aliphatic heterocycles. The summed E-state index contributed by atoms with van der Waals surface area (Å²) >= 11 is 0.725. The molecule has 0 aliphatic rings. The number of nitro benzene ring substituents is 1. The zero-order valence-electron chi connectivity index (χ0n) is 49.4. The molecule has 0 spiro atoms. The average molecular weight is 1240 g/mol. The summed E-state index contributed by atoms with van der Waals surface area (Å²) in [5, 5.41) is 37.4. The summed E-state index contributed by atoms with van der Waals surface area (Å²) in [5.74, 6) is -1.50. The molecule has 7 aromatic carbocycles. The van der Waals surface area contributed by atoms with Crippen molar-refractivity contribution in [1.82, 2.24) is 4.74 Å². The summed E-state index contributed by atoms with van der Waals surface area (Å²) in [5.41, 5.74) is -1.77. The number of anilines is 3. The van der Waals surface area contributed by atoms with Crippen LogP contribution in [0.15, 0.2) is 153 Å². The molecule has 0 saturated heterocycles. The molecule has 446 valence electrons. The van der Waals surface area contributed by atoms with Crippen LogP contribution in [0.1, 0.15) is 147 Å². The fourth-order valence-electron chi connectivity index (χ4n) is 9.65. The largest absolute Gasteiger partial charge is 1.00 e. The van der Waals surface area contributed by atoms with Gasteiger partial charge in [-0.2, -0.15) is 4.33 Å². The Labute approximate surface area is 552 Å². The Bertz CT molecular complexity index is 3910. The number of ether oxygens (including phenoxy) is 2. The van der Waals surface area contributed by atoms with E-state index in [1.54, 1.807) is 87.5 Å². The molecule has 0 fully saturated rings. The van der Waals surface area contributed by atoms with Crippen LogP contribution in [0.3, 0.4) is 0 Å². The molecule has 3 N–H and O–H groups in total. The summed E-state index contributed by atoms with van der Waals surface area (Å²) in [6.45, 7) is 7.45. The van der Waals surface area contributed by atoms with Crippen molar-refractivity contribution < 1.29 is 120 Å². The van der Waals surface area contributed by atoms with Gasteiger partial charge in [-0.1, -0.05) is 135 Å². The SMILES string of the molecule is CCCCCCCCCCCCCCOc1ccccc1NC(=O)c1ccc(-n2oc(C(C)(C)C)c(COc3cc(C(=O)Nc4ccc5cc(SOO[O-])ccc5c4)cc(C(=O)Nc4ccc5cc(S(=O)(=O)[O-])ccc5c4)c3)c2=O)c([N+](=O)[O-])c1.[Na+].[Na+]. The van der Waals surface area contributed by atoms with E-state index in [0.717, 1.165) is 59.0 Å². The number of fused-ring (bicyclic) bond motifs is 2. The van der Waals surface area contributed by atoms with Gasteiger partial charge in [0.25, 0.3) is 29.0 Å². The quantitative estimate of drug-likeness (QED) is 0.00778. The van der Waals surface area contributed by atoms with Crippen LogP contribution in [-0.4, -0.2) is 47.0 Å². The Morgan fingerprint density at radius 1 is 0.644 bits per heavy atom. The summed E-state index contributed by atoms with van der Waals surface area (Å²) in [4.78, 5) is 68.7. The van der Waals surface area contributed by atoms with Crippen molar-refractivity contribution in [3.05, 3.63) is 182 Å². The Hall–Kier alpha value is -6.38.